The van der Waals surface area contributed by atoms with Crippen LogP contribution in [0, 0.1) is 5.92 Å². The summed E-state index contributed by atoms with van der Waals surface area (Å²) in [5, 5.41) is 1.77. The molecule has 1 amide bonds. The summed E-state index contributed by atoms with van der Waals surface area (Å²) in [6.45, 7) is 3.64. The number of ether oxygens (including phenoxy) is 1. The smallest absolute Gasteiger partial charge is 0.370 e. The Bertz CT molecular complexity index is 1350. The Labute approximate surface area is 267 Å². The van der Waals surface area contributed by atoms with Gasteiger partial charge in [0.2, 0.25) is 15.9 Å². The predicted molar refractivity (Wildman–Crippen MR) is 164 cm³/mol. The summed E-state index contributed by atoms with van der Waals surface area (Å²) in [5.41, 5.74) is 0.191. The molecule has 1 atom stereocenters. The van der Waals surface area contributed by atoms with Crippen molar-refractivity contribution >= 4 is 39.1 Å². The van der Waals surface area contributed by atoms with E-state index in [1.807, 2.05) is 6.07 Å². The number of hydrogen-bond acceptors (Lipinski definition) is 6. The van der Waals surface area contributed by atoms with Crippen molar-refractivity contribution in [2.24, 2.45) is 5.92 Å². The minimum atomic E-state index is -4.73. The predicted octanol–water partition coefficient (Wildman–Crippen LogP) is 5.31. The molecule has 1 saturated carbocycles. The topological polar surface area (TPSA) is 82.2 Å². The van der Waals surface area contributed by atoms with E-state index in [0.29, 0.717) is 24.1 Å². The Morgan fingerprint density at radius 3 is 2.20 bits per heavy atom. The minimum absolute atomic E-state index is 0.0401. The molecule has 0 bridgehead atoms. The van der Waals surface area contributed by atoms with Gasteiger partial charge >= 0.3 is 6.18 Å². The molecule has 0 radical (unpaired) electrons. The maximum Gasteiger partial charge on any atom is 0.416 e. The van der Waals surface area contributed by atoms with Gasteiger partial charge in [-0.2, -0.15) is 17.5 Å². The summed E-state index contributed by atoms with van der Waals surface area (Å²) in [4.78, 5) is 16.9. The molecule has 244 valence electrons. The molecule has 0 spiro atoms. The molecule has 1 N–H and O–H groups in total. The zero-order chi connectivity index (χ0) is 32.1. The van der Waals surface area contributed by atoms with Gasteiger partial charge in [0.25, 0.3) is 0 Å². The molecule has 2 aromatic rings. The van der Waals surface area contributed by atoms with Crippen LogP contribution in [-0.2, 0) is 25.7 Å². The average molecular weight is 680 g/mol. The molecule has 1 unspecified atom stereocenters. The molecular formula is C30H39Cl2F3N4O4S. The molecule has 1 aliphatic heterocycles. The van der Waals surface area contributed by atoms with Crippen LogP contribution in [0.1, 0.15) is 42.9 Å². The third-order valence-electron chi connectivity index (χ3n) is 8.43. The van der Waals surface area contributed by atoms with Crippen LogP contribution in [0.3, 0.4) is 0 Å². The highest BCUT2D eigenvalue weighted by Crippen LogP contribution is 2.40. The van der Waals surface area contributed by atoms with Crippen molar-refractivity contribution < 1.29 is 31.1 Å². The van der Waals surface area contributed by atoms with Crippen LogP contribution in [0.15, 0.2) is 47.4 Å². The van der Waals surface area contributed by atoms with Crippen molar-refractivity contribution in [3.63, 3.8) is 0 Å². The number of carbonyl (C=O) groups is 1. The van der Waals surface area contributed by atoms with Crippen molar-refractivity contribution in [1.29, 1.82) is 0 Å². The molecule has 4 rings (SSSR count). The third-order valence-corrected chi connectivity index (χ3v) is 11.2. The van der Waals surface area contributed by atoms with E-state index in [0.717, 1.165) is 56.2 Å². The van der Waals surface area contributed by atoms with Crippen molar-refractivity contribution in [2.45, 2.75) is 48.8 Å². The van der Waals surface area contributed by atoms with Gasteiger partial charge in [0.15, 0.2) is 0 Å². The van der Waals surface area contributed by atoms with Crippen LogP contribution in [0.2, 0.25) is 10.0 Å². The number of amides is 1. The summed E-state index contributed by atoms with van der Waals surface area (Å²) in [6, 6.07) is 12.1. The van der Waals surface area contributed by atoms with Gasteiger partial charge in [0.1, 0.15) is 11.5 Å². The van der Waals surface area contributed by atoms with E-state index < -0.39 is 36.7 Å². The van der Waals surface area contributed by atoms with E-state index in [-0.39, 0.29) is 31.7 Å². The van der Waals surface area contributed by atoms with Crippen molar-refractivity contribution in [3.05, 3.63) is 63.6 Å². The molecule has 1 heterocycles. The molecule has 1 saturated heterocycles. The van der Waals surface area contributed by atoms with E-state index in [2.05, 4.69) is 46.4 Å². The monoisotopic (exact) mass is 678 g/mol. The number of alkyl halides is 3. The van der Waals surface area contributed by atoms with E-state index in [9.17, 15) is 26.4 Å². The molecule has 0 aromatic heterocycles. The standard InChI is InChI=1S/C30H39Cl2F3N4O4S/c1-37-12-14-39(15-13-37)28(21-6-4-3-5-7-21)22-8-10-24(11-9-22)36-27(40)20-43-17-16-38(2)44(41,42)29-25(31)18-23(19-26(29)32)30(33,34)35/h3-7,18-19,22,24,28H,8-17,20H2,1-2H3,(H,36,40). The van der Waals surface area contributed by atoms with E-state index in [1.165, 1.54) is 12.6 Å². The summed E-state index contributed by atoms with van der Waals surface area (Å²) >= 11 is 11.8. The summed E-state index contributed by atoms with van der Waals surface area (Å²) in [5.74, 6) is 0.209. The molecule has 8 nitrogen and oxygen atoms in total. The maximum atomic E-state index is 13.0. The van der Waals surface area contributed by atoms with Gasteiger partial charge in [-0.15, -0.1) is 0 Å². The number of nitrogens with zero attached hydrogens (tertiary/aromatic N) is 3. The normalized spacial score (nSPS) is 21.4. The summed E-state index contributed by atoms with van der Waals surface area (Å²) in [6.07, 6.45) is -1.01. The number of likely N-dealkylation sites (N-methyl/N-ethyl adjacent to an activating group) is 2. The van der Waals surface area contributed by atoms with Crippen LogP contribution in [0.25, 0.3) is 0 Å². The van der Waals surface area contributed by atoms with Crippen LogP contribution in [-0.4, -0.2) is 94.5 Å². The first-order chi connectivity index (χ1) is 20.8. The zero-order valence-electron chi connectivity index (χ0n) is 24.8. The lowest BCUT2D eigenvalue weighted by Crippen LogP contribution is -2.48. The Hall–Kier alpha value is -1.93. The molecule has 1 aliphatic carbocycles. The Kier molecular flexibility index (Phi) is 12.0. The molecule has 14 heteroatoms. The quantitative estimate of drug-likeness (QED) is 0.325. The average Bonchev–Trinajstić information content (AvgIpc) is 2.97. The van der Waals surface area contributed by atoms with Crippen molar-refractivity contribution in [1.82, 2.24) is 19.4 Å². The molecule has 2 fully saturated rings. The number of halogens is 5. The largest absolute Gasteiger partial charge is 0.416 e. The zero-order valence-corrected chi connectivity index (χ0v) is 27.2. The highest BCUT2D eigenvalue weighted by atomic mass is 35.5. The van der Waals surface area contributed by atoms with E-state index in [4.69, 9.17) is 27.9 Å². The first kappa shape index (κ1) is 34.9. The second-order valence-corrected chi connectivity index (χ2v) is 14.3. The molecular weight excluding hydrogens is 640 g/mol. The minimum Gasteiger partial charge on any atom is -0.370 e. The summed E-state index contributed by atoms with van der Waals surface area (Å²) in [7, 11) is -0.930. The second-order valence-electron chi connectivity index (χ2n) is 11.5. The van der Waals surface area contributed by atoms with Gasteiger partial charge in [-0.3, -0.25) is 9.69 Å². The Balaban J connectivity index is 1.23. The first-order valence-corrected chi connectivity index (χ1v) is 16.8. The highest BCUT2D eigenvalue weighted by Gasteiger charge is 2.36. The van der Waals surface area contributed by atoms with E-state index in [1.54, 1.807) is 0 Å². The Morgan fingerprint density at radius 1 is 1.05 bits per heavy atom. The molecule has 2 aliphatic rings. The third kappa shape index (κ3) is 8.86. The number of piperazine rings is 1. The number of sulfonamides is 1. The van der Waals surface area contributed by atoms with Gasteiger partial charge in [-0.25, -0.2) is 8.42 Å². The fourth-order valence-corrected chi connectivity index (χ4v) is 8.29. The fourth-order valence-electron chi connectivity index (χ4n) is 5.98. The van der Waals surface area contributed by atoms with Crippen molar-refractivity contribution in [3.8, 4) is 0 Å². The molecule has 44 heavy (non-hydrogen) atoms. The number of nitrogens with one attached hydrogen (secondary N) is 1. The lowest BCUT2D eigenvalue weighted by molar-refractivity contribution is -0.137. The Morgan fingerprint density at radius 2 is 1.64 bits per heavy atom. The molecule has 2 aromatic carbocycles. The lowest BCUT2D eigenvalue weighted by atomic mass is 9.78. The SMILES string of the molecule is CN1CCN(C(c2ccccc2)C2CCC(NC(=O)COCCN(C)S(=O)(=O)c3c(Cl)cc(C(F)(F)F)cc3Cl)CC2)CC1. The number of benzene rings is 2. The number of hydrogen-bond donors (Lipinski definition) is 1. The lowest BCUT2D eigenvalue weighted by Gasteiger charge is -2.44. The van der Waals surface area contributed by atoms with Crippen LogP contribution in [0.4, 0.5) is 13.2 Å². The highest BCUT2D eigenvalue weighted by molar-refractivity contribution is 7.89. The van der Waals surface area contributed by atoms with Crippen LogP contribution in [0.5, 0.6) is 0 Å². The van der Waals surface area contributed by atoms with E-state index >= 15 is 0 Å². The first-order valence-electron chi connectivity index (χ1n) is 14.6. The number of rotatable bonds is 11. The van der Waals surface area contributed by atoms with Crippen molar-refractivity contribution in [2.75, 3.05) is 60.0 Å². The summed E-state index contributed by atoms with van der Waals surface area (Å²) < 4.78 is 71.2. The van der Waals surface area contributed by atoms with Gasteiger partial charge in [-0.05, 0) is 56.3 Å². The van der Waals surface area contributed by atoms with Gasteiger partial charge in [0, 0.05) is 51.9 Å². The number of carbonyl (C=O) groups excluding carboxylic acids is 1. The van der Waals surface area contributed by atoms with Crippen LogP contribution >= 0.6 is 23.2 Å². The second kappa shape index (κ2) is 15.1. The van der Waals surface area contributed by atoms with Gasteiger partial charge in [0.05, 0.1) is 22.2 Å². The van der Waals surface area contributed by atoms with Gasteiger partial charge < -0.3 is 15.0 Å². The fraction of sp³-hybridized carbons (Fsp3) is 0.567. The van der Waals surface area contributed by atoms with Gasteiger partial charge in [-0.1, -0.05) is 53.5 Å². The van der Waals surface area contributed by atoms with Crippen LogP contribution < -0.4 is 5.32 Å². The maximum absolute atomic E-state index is 13.0.